The fourth-order valence-corrected chi connectivity index (χ4v) is 1.45. The van der Waals surface area contributed by atoms with Crippen LogP contribution in [0, 0.1) is 12.7 Å². The standard InChI is InChI=1S/C12H12FN3/c1-8-3-2-4-9(13)12(8)16-11-5-6-15-7-10(11)14/h2-7H,14H2,1H3,(H,15,16). The highest BCUT2D eigenvalue weighted by molar-refractivity contribution is 5.73. The Bertz CT molecular complexity index is 491. The number of hydrogen-bond acceptors (Lipinski definition) is 3. The normalized spacial score (nSPS) is 10.1. The number of nitrogens with zero attached hydrogens (tertiary/aromatic N) is 1. The van der Waals surface area contributed by atoms with Gasteiger partial charge in [-0.3, -0.25) is 4.98 Å². The zero-order chi connectivity index (χ0) is 11.5. The molecule has 0 unspecified atom stereocenters. The highest BCUT2D eigenvalue weighted by Crippen LogP contribution is 2.26. The number of hydrogen-bond donors (Lipinski definition) is 2. The van der Waals surface area contributed by atoms with E-state index in [1.165, 1.54) is 12.3 Å². The monoisotopic (exact) mass is 217 g/mol. The number of anilines is 3. The zero-order valence-electron chi connectivity index (χ0n) is 8.87. The average molecular weight is 217 g/mol. The summed E-state index contributed by atoms with van der Waals surface area (Å²) in [5, 5.41) is 2.97. The van der Waals surface area contributed by atoms with Gasteiger partial charge in [0.05, 0.1) is 23.3 Å². The van der Waals surface area contributed by atoms with Crippen molar-refractivity contribution in [2.75, 3.05) is 11.1 Å². The van der Waals surface area contributed by atoms with Gasteiger partial charge in [-0.2, -0.15) is 0 Å². The smallest absolute Gasteiger partial charge is 0.146 e. The molecule has 1 aromatic heterocycles. The predicted molar refractivity (Wildman–Crippen MR) is 63.1 cm³/mol. The Labute approximate surface area is 93.1 Å². The summed E-state index contributed by atoms with van der Waals surface area (Å²) in [5.74, 6) is -0.295. The third kappa shape index (κ3) is 1.95. The summed E-state index contributed by atoms with van der Waals surface area (Å²) < 4.78 is 13.5. The van der Waals surface area contributed by atoms with Crippen LogP contribution in [-0.2, 0) is 0 Å². The van der Waals surface area contributed by atoms with Crippen LogP contribution >= 0.6 is 0 Å². The molecule has 1 aromatic carbocycles. The van der Waals surface area contributed by atoms with Crippen LogP contribution in [0.25, 0.3) is 0 Å². The van der Waals surface area contributed by atoms with Gasteiger partial charge in [-0.15, -0.1) is 0 Å². The molecule has 82 valence electrons. The number of nitrogen functional groups attached to an aromatic ring is 1. The molecule has 0 amide bonds. The molecular formula is C12H12FN3. The van der Waals surface area contributed by atoms with Crippen LogP contribution in [0.5, 0.6) is 0 Å². The van der Waals surface area contributed by atoms with Crippen molar-refractivity contribution in [3.8, 4) is 0 Å². The molecule has 0 atom stereocenters. The summed E-state index contributed by atoms with van der Waals surface area (Å²) in [6.07, 6.45) is 3.13. The van der Waals surface area contributed by atoms with Gasteiger partial charge in [0.25, 0.3) is 0 Å². The molecule has 3 nitrogen and oxygen atoms in total. The first-order valence-electron chi connectivity index (χ1n) is 4.90. The van der Waals surface area contributed by atoms with E-state index in [0.29, 0.717) is 17.1 Å². The van der Waals surface area contributed by atoms with Gasteiger partial charge in [-0.05, 0) is 24.6 Å². The van der Waals surface area contributed by atoms with Crippen LogP contribution in [-0.4, -0.2) is 4.98 Å². The summed E-state index contributed by atoms with van der Waals surface area (Å²) in [4.78, 5) is 3.87. The van der Waals surface area contributed by atoms with Crippen LogP contribution in [0.1, 0.15) is 5.56 Å². The van der Waals surface area contributed by atoms with Gasteiger partial charge in [-0.25, -0.2) is 4.39 Å². The first-order valence-corrected chi connectivity index (χ1v) is 4.90. The number of benzene rings is 1. The Balaban J connectivity index is 2.38. The maximum atomic E-state index is 13.5. The molecule has 2 rings (SSSR count). The van der Waals surface area contributed by atoms with E-state index in [1.807, 2.05) is 13.0 Å². The summed E-state index contributed by atoms with van der Waals surface area (Å²) in [5.41, 5.74) is 8.14. The highest BCUT2D eigenvalue weighted by atomic mass is 19.1. The number of para-hydroxylation sites is 1. The van der Waals surface area contributed by atoms with Gasteiger partial charge in [0, 0.05) is 6.20 Å². The van der Waals surface area contributed by atoms with E-state index in [1.54, 1.807) is 18.3 Å². The molecule has 0 fully saturated rings. The number of nitrogens with two attached hydrogens (primary N) is 1. The Hall–Kier alpha value is -2.10. The van der Waals surface area contributed by atoms with Crippen LogP contribution in [0.15, 0.2) is 36.7 Å². The maximum absolute atomic E-state index is 13.5. The van der Waals surface area contributed by atoms with Crippen LogP contribution in [0.3, 0.4) is 0 Å². The average Bonchev–Trinajstić information content (AvgIpc) is 2.26. The third-order valence-corrected chi connectivity index (χ3v) is 2.33. The molecule has 0 aliphatic heterocycles. The van der Waals surface area contributed by atoms with Gasteiger partial charge in [-0.1, -0.05) is 12.1 Å². The Kier molecular flexibility index (Phi) is 2.72. The first-order chi connectivity index (χ1) is 7.68. The summed E-state index contributed by atoms with van der Waals surface area (Å²) >= 11 is 0. The lowest BCUT2D eigenvalue weighted by molar-refractivity contribution is 0.631. The van der Waals surface area contributed by atoms with Crippen molar-refractivity contribution in [1.29, 1.82) is 0 Å². The second-order valence-electron chi connectivity index (χ2n) is 3.52. The van der Waals surface area contributed by atoms with Gasteiger partial charge < -0.3 is 11.1 Å². The molecule has 0 saturated heterocycles. The molecule has 3 N–H and O–H groups in total. The van der Waals surface area contributed by atoms with E-state index < -0.39 is 0 Å². The Morgan fingerprint density at radius 2 is 2.12 bits per heavy atom. The fourth-order valence-electron chi connectivity index (χ4n) is 1.45. The number of nitrogens with one attached hydrogen (secondary N) is 1. The van der Waals surface area contributed by atoms with Crippen molar-refractivity contribution >= 4 is 17.1 Å². The molecule has 0 saturated carbocycles. The largest absolute Gasteiger partial charge is 0.396 e. The number of rotatable bonds is 2. The molecule has 1 heterocycles. The van der Waals surface area contributed by atoms with Crippen molar-refractivity contribution < 1.29 is 4.39 Å². The van der Waals surface area contributed by atoms with E-state index >= 15 is 0 Å². The van der Waals surface area contributed by atoms with E-state index in [4.69, 9.17) is 5.73 Å². The number of aromatic nitrogens is 1. The third-order valence-electron chi connectivity index (χ3n) is 2.33. The molecule has 0 spiro atoms. The van der Waals surface area contributed by atoms with Crippen molar-refractivity contribution in [2.24, 2.45) is 0 Å². The van der Waals surface area contributed by atoms with Gasteiger partial charge in [0.1, 0.15) is 5.82 Å². The minimum absolute atomic E-state index is 0.295. The quantitative estimate of drug-likeness (QED) is 0.813. The SMILES string of the molecule is Cc1cccc(F)c1Nc1ccncc1N. The summed E-state index contributed by atoms with van der Waals surface area (Å²) in [6, 6.07) is 6.63. The van der Waals surface area contributed by atoms with Gasteiger partial charge in [0.2, 0.25) is 0 Å². The van der Waals surface area contributed by atoms with E-state index in [2.05, 4.69) is 10.3 Å². The van der Waals surface area contributed by atoms with E-state index in [-0.39, 0.29) is 5.82 Å². The topological polar surface area (TPSA) is 50.9 Å². The molecule has 0 radical (unpaired) electrons. The zero-order valence-corrected chi connectivity index (χ0v) is 8.87. The van der Waals surface area contributed by atoms with E-state index in [9.17, 15) is 4.39 Å². The summed E-state index contributed by atoms with van der Waals surface area (Å²) in [6.45, 7) is 1.84. The maximum Gasteiger partial charge on any atom is 0.146 e. The van der Waals surface area contributed by atoms with Crippen molar-refractivity contribution in [1.82, 2.24) is 4.98 Å². The lowest BCUT2D eigenvalue weighted by Gasteiger charge is -2.11. The molecule has 4 heteroatoms. The minimum atomic E-state index is -0.295. The summed E-state index contributed by atoms with van der Waals surface area (Å²) in [7, 11) is 0. The lowest BCUT2D eigenvalue weighted by atomic mass is 10.2. The molecule has 16 heavy (non-hydrogen) atoms. The predicted octanol–water partition coefficient (Wildman–Crippen LogP) is 2.85. The highest BCUT2D eigenvalue weighted by Gasteiger charge is 2.06. The Morgan fingerprint density at radius 1 is 1.31 bits per heavy atom. The molecule has 2 aromatic rings. The minimum Gasteiger partial charge on any atom is -0.396 e. The van der Waals surface area contributed by atoms with Crippen molar-refractivity contribution in [2.45, 2.75) is 6.92 Å². The van der Waals surface area contributed by atoms with Crippen LogP contribution in [0.2, 0.25) is 0 Å². The number of halogens is 1. The fraction of sp³-hybridized carbons (Fsp3) is 0.0833. The second-order valence-corrected chi connectivity index (χ2v) is 3.52. The van der Waals surface area contributed by atoms with E-state index in [0.717, 1.165) is 5.56 Å². The second kappa shape index (κ2) is 4.18. The van der Waals surface area contributed by atoms with Gasteiger partial charge in [0.15, 0.2) is 0 Å². The molecule has 0 aliphatic rings. The molecule has 0 aliphatic carbocycles. The number of pyridine rings is 1. The van der Waals surface area contributed by atoms with Crippen LogP contribution in [0.4, 0.5) is 21.5 Å². The van der Waals surface area contributed by atoms with Gasteiger partial charge >= 0.3 is 0 Å². The molecular weight excluding hydrogens is 205 g/mol. The van der Waals surface area contributed by atoms with Crippen molar-refractivity contribution in [3.63, 3.8) is 0 Å². The van der Waals surface area contributed by atoms with Crippen LogP contribution < -0.4 is 11.1 Å². The lowest BCUT2D eigenvalue weighted by Crippen LogP contribution is -2.00. The number of aryl methyl sites for hydroxylation is 1. The molecule has 0 bridgehead atoms. The Morgan fingerprint density at radius 3 is 2.81 bits per heavy atom. The van der Waals surface area contributed by atoms with Crippen molar-refractivity contribution in [3.05, 3.63) is 48.0 Å². The first kappa shape index (κ1) is 10.4.